The molecule has 9 heteroatoms. The van der Waals surface area contributed by atoms with Gasteiger partial charge in [-0.3, -0.25) is 9.48 Å². The van der Waals surface area contributed by atoms with Crippen LogP contribution in [0.2, 0.25) is 0 Å². The number of amides is 2. The monoisotopic (exact) mass is 426 g/mol. The number of nitrogen functional groups attached to an aromatic ring is 1. The summed E-state index contributed by atoms with van der Waals surface area (Å²) in [6.07, 6.45) is 12.2. The second kappa shape index (κ2) is 9.36. The molecule has 4 rings (SSSR count). The van der Waals surface area contributed by atoms with E-state index in [1.54, 1.807) is 28.0 Å². The van der Waals surface area contributed by atoms with Crippen molar-refractivity contribution < 1.29 is 14.3 Å². The summed E-state index contributed by atoms with van der Waals surface area (Å²) in [4.78, 5) is 31.2. The van der Waals surface area contributed by atoms with Gasteiger partial charge in [-0.25, -0.2) is 9.78 Å². The molecule has 1 saturated carbocycles. The SMILES string of the molecule is Cn1cc(-c2cnc(N)c(C(=O)N[C@@H]3CCN(C(=O)OC4CCCCCC4)C3)c2)cn1. The zero-order chi connectivity index (χ0) is 21.8. The van der Waals surface area contributed by atoms with Gasteiger partial charge in [0.15, 0.2) is 0 Å². The van der Waals surface area contributed by atoms with Gasteiger partial charge >= 0.3 is 6.09 Å². The van der Waals surface area contributed by atoms with E-state index in [1.165, 1.54) is 12.8 Å². The lowest BCUT2D eigenvalue weighted by Gasteiger charge is -2.21. The molecule has 31 heavy (non-hydrogen) atoms. The number of ether oxygens (including phenoxy) is 1. The van der Waals surface area contributed by atoms with Gasteiger partial charge in [0.1, 0.15) is 11.9 Å². The molecule has 1 atom stereocenters. The first kappa shape index (κ1) is 21.1. The zero-order valence-electron chi connectivity index (χ0n) is 17.9. The maximum atomic E-state index is 12.9. The molecule has 1 saturated heterocycles. The summed E-state index contributed by atoms with van der Waals surface area (Å²) in [7, 11) is 1.83. The van der Waals surface area contributed by atoms with Crippen molar-refractivity contribution in [3.63, 3.8) is 0 Å². The van der Waals surface area contributed by atoms with Crippen molar-refractivity contribution in [3.8, 4) is 11.1 Å². The molecule has 9 nitrogen and oxygen atoms in total. The van der Waals surface area contributed by atoms with Crippen molar-refractivity contribution >= 4 is 17.8 Å². The Morgan fingerprint density at radius 3 is 2.61 bits per heavy atom. The van der Waals surface area contributed by atoms with Crippen LogP contribution in [0.25, 0.3) is 11.1 Å². The minimum Gasteiger partial charge on any atom is -0.446 e. The minimum absolute atomic E-state index is 0.0183. The van der Waals surface area contributed by atoms with Crippen LogP contribution in [-0.4, -0.2) is 56.9 Å². The van der Waals surface area contributed by atoms with Gasteiger partial charge < -0.3 is 20.7 Å². The first-order valence-electron chi connectivity index (χ1n) is 11.0. The van der Waals surface area contributed by atoms with Gasteiger partial charge in [0.25, 0.3) is 5.91 Å². The summed E-state index contributed by atoms with van der Waals surface area (Å²) >= 11 is 0. The van der Waals surface area contributed by atoms with Crippen LogP contribution < -0.4 is 11.1 Å². The normalized spacial score (nSPS) is 19.8. The zero-order valence-corrected chi connectivity index (χ0v) is 17.9. The molecule has 3 N–H and O–H groups in total. The lowest BCUT2D eigenvalue weighted by Crippen LogP contribution is -2.39. The van der Waals surface area contributed by atoms with E-state index in [0.29, 0.717) is 25.1 Å². The topological polar surface area (TPSA) is 115 Å². The third kappa shape index (κ3) is 5.15. The highest BCUT2D eigenvalue weighted by atomic mass is 16.6. The Morgan fingerprint density at radius 2 is 1.90 bits per heavy atom. The molecular formula is C22H30N6O3. The third-order valence-electron chi connectivity index (χ3n) is 6.05. The summed E-state index contributed by atoms with van der Waals surface area (Å²) in [5.41, 5.74) is 7.91. The molecule has 2 aromatic rings. The van der Waals surface area contributed by atoms with Gasteiger partial charge in [0, 0.05) is 49.7 Å². The fourth-order valence-electron chi connectivity index (χ4n) is 4.27. The quantitative estimate of drug-likeness (QED) is 0.727. The summed E-state index contributed by atoms with van der Waals surface area (Å²) in [6, 6.07) is 1.58. The van der Waals surface area contributed by atoms with Gasteiger partial charge in [0.05, 0.1) is 11.8 Å². The van der Waals surface area contributed by atoms with E-state index in [-0.39, 0.29) is 30.0 Å². The number of pyridine rings is 1. The maximum absolute atomic E-state index is 12.9. The Kier molecular flexibility index (Phi) is 6.39. The van der Waals surface area contributed by atoms with E-state index in [2.05, 4.69) is 15.4 Å². The van der Waals surface area contributed by atoms with E-state index in [9.17, 15) is 9.59 Å². The van der Waals surface area contributed by atoms with Crippen molar-refractivity contribution in [1.82, 2.24) is 25.0 Å². The molecule has 1 aliphatic carbocycles. The standard InChI is InChI=1S/C22H30N6O3/c1-27-13-16(12-25-27)15-10-19(20(23)24-11-15)21(29)26-17-8-9-28(14-17)22(30)31-18-6-4-2-3-5-7-18/h10-13,17-18H,2-9,14H2,1H3,(H2,23,24)(H,26,29)/t17-/m1/s1. The Balaban J connectivity index is 1.34. The first-order chi connectivity index (χ1) is 15.0. The fourth-order valence-corrected chi connectivity index (χ4v) is 4.27. The van der Waals surface area contributed by atoms with Crippen molar-refractivity contribution in [2.45, 2.75) is 57.1 Å². The molecule has 3 heterocycles. The van der Waals surface area contributed by atoms with Gasteiger partial charge in [-0.1, -0.05) is 12.8 Å². The number of aromatic nitrogens is 3. The smallest absolute Gasteiger partial charge is 0.410 e. The summed E-state index contributed by atoms with van der Waals surface area (Å²) in [5, 5.41) is 7.14. The minimum atomic E-state index is -0.292. The molecule has 0 aromatic carbocycles. The predicted octanol–water partition coefficient (Wildman–Crippen LogP) is 2.73. The number of anilines is 1. The van der Waals surface area contributed by atoms with Crippen molar-refractivity contribution in [3.05, 3.63) is 30.2 Å². The number of hydrogen-bond donors (Lipinski definition) is 2. The van der Waals surface area contributed by atoms with Crippen LogP contribution in [0.15, 0.2) is 24.7 Å². The van der Waals surface area contributed by atoms with E-state index in [4.69, 9.17) is 10.5 Å². The van der Waals surface area contributed by atoms with Crippen LogP contribution in [0.5, 0.6) is 0 Å². The molecule has 2 aromatic heterocycles. The molecule has 166 valence electrons. The Bertz CT molecular complexity index is 935. The fraction of sp³-hybridized carbons (Fsp3) is 0.545. The molecule has 0 bridgehead atoms. The number of nitrogens with two attached hydrogens (primary N) is 1. The lowest BCUT2D eigenvalue weighted by molar-refractivity contribution is 0.0608. The number of nitrogens with one attached hydrogen (secondary N) is 1. The largest absolute Gasteiger partial charge is 0.446 e. The van der Waals surface area contributed by atoms with Crippen LogP contribution in [0.3, 0.4) is 0 Å². The summed E-state index contributed by atoms with van der Waals surface area (Å²) in [6.45, 7) is 1.01. The van der Waals surface area contributed by atoms with E-state index >= 15 is 0 Å². The van der Waals surface area contributed by atoms with Crippen molar-refractivity contribution in [2.24, 2.45) is 7.05 Å². The van der Waals surface area contributed by atoms with E-state index in [0.717, 1.165) is 36.8 Å². The Morgan fingerprint density at radius 1 is 1.13 bits per heavy atom. The van der Waals surface area contributed by atoms with Crippen LogP contribution in [0.4, 0.5) is 10.6 Å². The highest BCUT2D eigenvalue weighted by Gasteiger charge is 2.30. The number of rotatable bonds is 4. The number of aryl methyl sites for hydroxylation is 1. The molecule has 2 amide bonds. The molecular weight excluding hydrogens is 396 g/mol. The second-order valence-corrected chi connectivity index (χ2v) is 8.46. The van der Waals surface area contributed by atoms with Gasteiger partial charge in [-0.2, -0.15) is 5.10 Å². The Labute approximate surface area is 181 Å². The number of nitrogens with zero attached hydrogens (tertiary/aromatic N) is 4. The number of carbonyl (C=O) groups excluding carboxylic acids is 2. The molecule has 1 aliphatic heterocycles. The van der Waals surface area contributed by atoms with Crippen molar-refractivity contribution in [2.75, 3.05) is 18.8 Å². The van der Waals surface area contributed by atoms with Crippen LogP contribution >= 0.6 is 0 Å². The molecule has 0 spiro atoms. The van der Waals surface area contributed by atoms with Gasteiger partial charge in [-0.05, 0) is 38.2 Å². The van der Waals surface area contributed by atoms with Crippen LogP contribution in [0, 0.1) is 0 Å². The molecule has 0 unspecified atom stereocenters. The number of likely N-dealkylation sites (tertiary alicyclic amines) is 1. The first-order valence-corrected chi connectivity index (χ1v) is 11.0. The average molecular weight is 427 g/mol. The highest BCUT2D eigenvalue weighted by Crippen LogP contribution is 2.23. The predicted molar refractivity (Wildman–Crippen MR) is 116 cm³/mol. The number of hydrogen-bond acceptors (Lipinski definition) is 6. The van der Waals surface area contributed by atoms with Crippen LogP contribution in [-0.2, 0) is 11.8 Å². The highest BCUT2D eigenvalue weighted by molar-refractivity contribution is 5.99. The molecule has 0 radical (unpaired) electrons. The van der Waals surface area contributed by atoms with E-state index < -0.39 is 0 Å². The van der Waals surface area contributed by atoms with Gasteiger partial charge in [0.2, 0.25) is 0 Å². The Hall–Kier alpha value is -3.10. The van der Waals surface area contributed by atoms with Gasteiger partial charge in [-0.15, -0.1) is 0 Å². The summed E-state index contributed by atoms with van der Waals surface area (Å²) in [5.74, 6) is -0.118. The molecule has 2 aliphatic rings. The lowest BCUT2D eigenvalue weighted by atomic mass is 10.1. The molecule has 2 fully saturated rings. The maximum Gasteiger partial charge on any atom is 0.410 e. The van der Waals surface area contributed by atoms with Crippen LogP contribution in [0.1, 0.15) is 55.3 Å². The second-order valence-electron chi connectivity index (χ2n) is 8.46. The van der Waals surface area contributed by atoms with E-state index in [1.807, 2.05) is 13.2 Å². The summed E-state index contributed by atoms with van der Waals surface area (Å²) < 4.78 is 7.40. The number of carbonyl (C=O) groups is 2. The third-order valence-corrected chi connectivity index (χ3v) is 6.05. The average Bonchev–Trinajstić information content (AvgIpc) is 3.32. The van der Waals surface area contributed by atoms with Crippen molar-refractivity contribution in [1.29, 1.82) is 0 Å².